The monoisotopic (exact) mass is 413 g/mol. The van der Waals surface area contributed by atoms with Crippen molar-refractivity contribution in [2.24, 2.45) is 4.99 Å². The lowest BCUT2D eigenvalue weighted by Gasteiger charge is -2.24. The van der Waals surface area contributed by atoms with Gasteiger partial charge in [-0.15, -0.1) is 0 Å². The van der Waals surface area contributed by atoms with Crippen LogP contribution in [0.15, 0.2) is 29.3 Å². The summed E-state index contributed by atoms with van der Waals surface area (Å²) in [5.41, 5.74) is 1.80. The molecule has 2 fully saturated rings. The Labute approximate surface area is 181 Å². The summed E-state index contributed by atoms with van der Waals surface area (Å²) in [6.45, 7) is 9.95. The van der Waals surface area contributed by atoms with Crippen molar-refractivity contribution in [1.82, 2.24) is 20.9 Å². The Morgan fingerprint density at radius 1 is 1.17 bits per heavy atom. The highest BCUT2D eigenvalue weighted by Crippen LogP contribution is 2.26. The number of hydrogen-bond donors (Lipinski definition) is 3. The van der Waals surface area contributed by atoms with Crippen molar-refractivity contribution >= 4 is 11.9 Å². The number of nitrogens with one attached hydrogen (secondary N) is 3. The highest BCUT2D eigenvalue weighted by Gasteiger charge is 2.30. The molecule has 1 saturated heterocycles. The molecule has 2 unspecified atom stereocenters. The molecule has 1 aliphatic carbocycles. The van der Waals surface area contributed by atoms with Crippen LogP contribution in [-0.2, 0) is 6.54 Å². The van der Waals surface area contributed by atoms with E-state index in [1.807, 2.05) is 31.2 Å². The van der Waals surface area contributed by atoms with E-state index >= 15 is 0 Å². The molecule has 6 nitrogen and oxygen atoms in total. The lowest BCUT2D eigenvalue weighted by molar-refractivity contribution is 0.0939. The van der Waals surface area contributed by atoms with Gasteiger partial charge in [0.1, 0.15) is 0 Å². The van der Waals surface area contributed by atoms with Gasteiger partial charge in [0.25, 0.3) is 5.91 Å². The number of amides is 1. The van der Waals surface area contributed by atoms with Gasteiger partial charge in [0, 0.05) is 43.3 Å². The topological polar surface area (TPSA) is 68.8 Å². The minimum Gasteiger partial charge on any atom is -0.357 e. The standard InChI is InChI=1S/C24H39N5O/c1-4-18(3)27-23(30)20-12-10-19(11-13-20)16-26-24(25-5-2)28-21-14-15-29(17-21)22-8-6-7-9-22/h10-13,18,21-22H,4-9,14-17H2,1-3H3,(H,27,30)(H2,25,26,28). The number of guanidine groups is 1. The summed E-state index contributed by atoms with van der Waals surface area (Å²) in [4.78, 5) is 19.7. The van der Waals surface area contributed by atoms with Gasteiger partial charge in [-0.25, -0.2) is 4.99 Å². The Kier molecular flexibility index (Phi) is 8.55. The summed E-state index contributed by atoms with van der Waals surface area (Å²) in [7, 11) is 0. The van der Waals surface area contributed by atoms with Crippen LogP contribution in [-0.4, -0.2) is 54.5 Å². The van der Waals surface area contributed by atoms with Crippen LogP contribution < -0.4 is 16.0 Å². The average molecular weight is 414 g/mol. The van der Waals surface area contributed by atoms with Crippen LogP contribution >= 0.6 is 0 Å². The molecule has 0 spiro atoms. The van der Waals surface area contributed by atoms with Crippen LogP contribution in [0.5, 0.6) is 0 Å². The molecule has 1 aromatic rings. The molecule has 1 saturated carbocycles. The third-order valence-corrected chi connectivity index (χ3v) is 6.37. The lowest BCUT2D eigenvalue weighted by atomic mass is 10.1. The summed E-state index contributed by atoms with van der Waals surface area (Å²) in [6.07, 6.45) is 7.63. The first-order valence-electron chi connectivity index (χ1n) is 11.8. The fourth-order valence-electron chi connectivity index (χ4n) is 4.36. The Bertz CT molecular complexity index is 696. The summed E-state index contributed by atoms with van der Waals surface area (Å²) in [5, 5.41) is 10.0. The van der Waals surface area contributed by atoms with Crippen molar-refractivity contribution in [1.29, 1.82) is 0 Å². The van der Waals surface area contributed by atoms with Crippen molar-refractivity contribution in [2.45, 2.75) is 84.0 Å². The van der Waals surface area contributed by atoms with Crippen molar-refractivity contribution in [3.63, 3.8) is 0 Å². The number of benzene rings is 1. The largest absolute Gasteiger partial charge is 0.357 e. The van der Waals surface area contributed by atoms with Crippen molar-refractivity contribution in [2.75, 3.05) is 19.6 Å². The molecule has 1 heterocycles. The van der Waals surface area contributed by atoms with Gasteiger partial charge in [0.2, 0.25) is 0 Å². The molecular weight excluding hydrogens is 374 g/mol. The molecule has 1 aliphatic heterocycles. The molecule has 2 aliphatic rings. The number of likely N-dealkylation sites (tertiary alicyclic amines) is 1. The number of hydrogen-bond acceptors (Lipinski definition) is 3. The van der Waals surface area contributed by atoms with Gasteiger partial charge in [-0.1, -0.05) is 31.9 Å². The van der Waals surface area contributed by atoms with Crippen molar-refractivity contribution < 1.29 is 4.79 Å². The van der Waals surface area contributed by atoms with Crippen LogP contribution in [0.4, 0.5) is 0 Å². The summed E-state index contributed by atoms with van der Waals surface area (Å²) in [5.74, 6) is 0.872. The number of aliphatic imine (C=N–C) groups is 1. The second kappa shape index (κ2) is 11.3. The van der Waals surface area contributed by atoms with Gasteiger partial charge in [-0.05, 0) is 57.2 Å². The van der Waals surface area contributed by atoms with Gasteiger partial charge in [-0.2, -0.15) is 0 Å². The van der Waals surface area contributed by atoms with E-state index in [-0.39, 0.29) is 11.9 Å². The summed E-state index contributed by atoms with van der Waals surface area (Å²) < 4.78 is 0. The third kappa shape index (κ3) is 6.46. The van der Waals surface area contributed by atoms with E-state index in [0.29, 0.717) is 18.2 Å². The summed E-state index contributed by atoms with van der Waals surface area (Å²) in [6, 6.07) is 9.23. The van der Waals surface area contributed by atoms with Gasteiger partial charge in [0.05, 0.1) is 6.54 Å². The number of nitrogens with zero attached hydrogens (tertiary/aromatic N) is 2. The minimum absolute atomic E-state index is 0.0116. The SMILES string of the molecule is CCNC(=NCc1ccc(C(=O)NC(C)CC)cc1)NC1CCN(C2CCCC2)C1. The molecule has 0 bridgehead atoms. The molecule has 30 heavy (non-hydrogen) atoms. The third-order valence-electron chi connectivity index (χ3n) is 6.37. The van der Waals surface area contributed by atoms with Crippen LogP contribution in [0.1, 0.15) is 75.2 Å². The first-order chi connectivity index (χ1) is 14.6. The van der Waals surface area contributed by atoms with Crippen molar-refractivity contribution in [3.8, 4) is 0 Å². The molecule has 1 aromatic carbocycles. The molecule has 6 heteroatoms. The maximum atomic E-state index is 12.2. The van der Waals surface area contributed by atoms with Gasteiger partial charge >= 0.3 is 0 Å². The zero-order chi connectivity index (χ0) is 21.3. The highest BCUT2D eigenvalue weighted by atomic mass is 16.1. The van der Waals surface area contributed by atoms with Crippen LogP contribution in [0.25, 0.3) is 0 Å². The zero-order valence-electron chi connectivity index (χ0n) is 18.9. The molecule has 3 rings (SSSR count). The molecular formula is C24H39N5O. The minimum atomic E-state index is -0.0116. The first-order valence-corrected chi connectivity index (χ1v) is 11.8. The van der Waals surface area contributed by atoms with E-state index < -0.39 is 0 Å². The van der Waals surface area contributed by atoms with Gasteiger partial charge < -0.3 is 16.0 Å². The fourth-order valence-corrected chi connectivity index (χ4v) is 4.36. The van der Waals surface area contributed by atoms with Gasteiger partial charge in [0.15, 0.2) is 5.96 Å². The molecule has 0 aromatic heterocycles. The van der Waals surface area contributed by atoms with E-state index in [4.69, 9.17) is 4.99 Å². The summed E-state index contributed by atoms with van der Waals surface area (Å²) >= 11 is 0. The zero-order valence-corrected chi connectivity index (χ0v) is 18.9. The highest BCUT2D eigenvalue weighted by molar-refractivity contribution is 5.94. The molecule has 0 radical (unpaired) electrons. The van der Waals surface area contributed by atoms with E-state index in [1.165, 1.54) is 38.6 Å². The van der Waals surface area contributed by atoms with Crippen LogP contribution in [0.2, 0.25) is 0 Å². The van der Waals surface area contributed by atoms with E-state index in [1.54, 1.807) is 0 Å². The average Bonchev–Trinajstić information content (AvgIpc) is 3.44. The molecule has 2 atom stereocenters. The number of rotatable bonds is 8. The van der Waals surface area contributed by atoms with Crippen LogP contribution in [0.3, 0.4) is 0 Å². The second-order valence-corrected chi connectivity index (χ2v) is 8.74. The number of carbonyl (C=O) groups excluding carboxylic acids is 1. The normalized spacial score (nSPS) is 21.6. The van der Waals surface area contributed by atoms with Crippen molar-refractivity contribution in [3.05, 3.63) is 35.4 Å². The quantitative estimate of drug-likeness (QED) is 0.452. The molecule has 166 valence electrons. The molecule has 1 amide bonds. The predicted octanol–water partition coefficient (Wildman–Crippen LogP) is 3.29. The maximum absolute atomic E-state index is 12.2. The van der Waals surface area contributed by atoms with E-state index in [2.05, 4.69) is 34.7 Å². The van der Waals surface area contributed by atoms with E-state index in [9.17, 15) is 4.79 Å². The smallest absolute Gasteiger partial charge is 0.251 e. The molecule has 3 N–H and O–H groups in total. The maximum Gasteiger partial charge on any atom is 0.251 e. The Morgan fingerprint density at radius 3 is 2.57 bits per heavy atom. The van der Waals surface area contributed by atoms with Crippen LogP contribution in [0, 0.1) is 0 Å². The van der Waals surface area contributed by atoms with Gasteiger partial charge in [-0.3, -0.25) is 9.69 Å². The predicted molar refractivity (Wildman–Crippen MR) is 124 cm³/mol. The van der Waals surface area contributed by atoms with E-state index in [0.717, 1.165) is 37.1 Å². The second-order valence-electron chi connectivity index (χ2n) is 8.74. The first kappa shape index (κ1) is 22.6. The fraction of sp³-hybridized carbons (Fsp3) is 0.667. The Hall–Kier alpha value is -2.08. The Balaban J connectivity index is 1.52. The Morgan fingerprint density at radius 2 is 1.90 bits per heavy atom. The lowest BCUT2D eigenvalue weighted by Crippen LogP contribution is -2.45. The number of carbonyl (C=O) groups is 1.